The van der Waals surface area contributed by atoms with Gasteiger partial charge in [0.1, 0.15) is 17.2 Å². The van der Waals surface area contributed by atoms with Gasteiger partial charge in [-0.25, -0.2) is 0 Å². The van der Waals surface area contributed by atoms with Crippen LogP contribution in [-0.2, 0) is 4.79 Å². The molecule has 30 heavy (non-hydrogen) atoms. The van der Waals surface area contributed by atoms with E-state index in [1.165, 1.54) is 6.07 Å². The molecule has 8 nitrogen and oxygen atoms in total. The van der Waals surface area contributed by atoms with Gasteiger partial charge >= 0.3 is 0 Å². The van der Waals surface area contributed by atoms with Crippen LogP contribution in [0.15, 0.2) is 42.5 Å². The van der Waals surface area contributed by atoms with E-state index in [0.717, 1.165) is 30.7 Å². The number of benzene rings is 2. The van der Waals surface area contributed by atoms with Crippen LogP contribution in [0, 0.1) is 10.1 Å². The summed E-state index contributed by atoms with van der Waals surface area (Å²) in [4.78, 5) is 25.4. The summed E-state index contributed by atoms with van der Waals surface area (Å²) < 4.78 is 10.8. The van der Waals surface area contributed by atoms with Crippen molar-refractivity contribution in [2.24, 2.45) is 0 Å². The number of likely N-dealkylation sites (tertiary alicyclic amines) is 1. The van der Waals surface area contributed by atoms with Gasteiger partial charge in [0, 0.05) is 37.2 Å². The molecular weight excluding hydrogens is 386 g/mol. The topological polar surface area (TPSA) is 93.9 Å². The molecule has 0 spiro atoms. The van der Waals surface area contributed by atoms with Gasteiger partial charge in [0.05, 0.1) is 25.2 Å². The van der Waals surface area contributed by atoms with Crippen LogP contribution in [-0.4, -0.2) is 43.0 Å². The van der Waals surface area contributed by atoms with E-state index in [9.17, 15) is 14.9 Å². The second kappa shape index (κ2) is 9.96. The molecule has 3 rings (SSSR count). The molecule has 2 aromatic carbocycles. The lowest BCUT2D eigenvalue weighted by molar-refractivity contribution is -0.384. The average Bonchev–Trinajstić information content (AvgIpc) is 3.26. The van der Waals surface area contributed by atoms with E-state index in [4.69, 9.17) is 9.47 Å². The fraction of sp³-hybridized carbons (Fsp3) is 0.409. The van der Waals surface area contributed by atoms with Crippen molar-refractivity contribution in [1.29, 1.82) is 0 Å². The number of nitrogens with one attached hydrogen (secondary N) is 1. The normalized spacial score (nSPS) is 15.7. The molecule has 0 aromatic heterocycles. The van der Waals surface area contributed by atoms with Gasteiger partial charge in [-0.3, -0.25) is 14.9 Å². The Morgan fingerprint density at radius 2 is 2.03 bits per heavy atom. The summed E-state index contributed by atoms with van der Waals surface area (Å²) in [5, 5.41) is 14.2. The van der Waals surface area contributed by atoms with Crippen LogP contribution in [0.2, 0.25) is 0 Å². The van der Waals surface area contributed by atoms with Crippen LogP contribution in [0.5, 0.6) is 11.5 Å². The Labute approximate surface area is 175 Å². The molecule has 1 fully saturated rings. The molecule has 1 amide bonds. The maximum absolute atomic E-state index is 12.9. The third kappa shape index (κ3) is 4.82. The number of anilines is 1. The highest BCUT2D eigenvalue weighted by Crippen LogP contribution is 2.39. The third-order valence-electron chi connectivity index (χ3n) is 5.36. The summed E-state index contributed by atoms with van der Waals surface area (Å²) in [5.74, 6) is 1.52. The Bertz CT molecular complexity index is 902. The first kappa shape index (κ1) is 21.4. The minimum atomic E-state index is -0.412. The number of nitrogens with zero attached hydrogens (tertiary/aromatic N) is 2. The fourth-order valence-corrected chi connectivity index (χ4v) is 3.87. The maximum atomic E-state index is 12.9. The van der Waals surface area contributed by atoms with E-state index in [-0.39, 0.29) is 17.6 Å². The number of ether oxygens (including phenoxy) is 2. The van der Waals surface area contributed by atoms with Crippen LogP contribution in [0.25, 0.3) is 0 Å². The number of rotatable bonds is 9. The van der Waals surface area contributed by atoms with Gasteiger partial charge in [0.25, 0.3) is 5.69 Å². The smallest absolute Gasteiger partial charge is 0.292 e. The van der Waals surface area contributed by atoms with Gasteiger partial charge in [-0.2, -0.15) is 0 Å². The predicted molar refractivity (Wildman–Crippen MR) is 114 cm³/mol. The van der Waals surface area contributed by atoms with E-state index < -0.39 is 4.92 Å². The minimum absolute atomic E-state index is 0.0125. The summed E-state index contributed by atoms with van der Waals surface area (Å²) in [6.45, 7) is 1.21. The number of nitro benzene ring substituents is 1. The van der Waals surface area contributed by atoms with E-state index in [2.05, 4.69) is 5.32 Å². The number of hydrogen-bond acceptors (Lipinski definition) is 6. The first-order valence-corrected chi connectivity index (χ1v) is 10.0. The van der Waals surface area contributed by atoms with Gasteiger partial charge in [-0.05, 0) is 37.5 Å². The van der Waals surface area contributed by atoms with E-state index >= 15 is 0 Å². The predicted octanol–water partition coefficient (Wildman–Crippen LogP) is 4.17. The average molecular weight is 413 g/mol. The van der Waals surface area contributed by atoms with Crippen molar-refractivity contribution in [3.63, 3.8) is 0 Å². The van der Waals surface area contributed by atoms with Crippen molar-refractivity contribution >= 4 is 17.3 Å². The summed E-state index contributed by atoms with van der Waals surface area (Å²) in [6.07, 6.45) is 2.80. The van der Waals surface area contributed by atoms with Gasteiger partial charge in [0.15, 0.2) is 0 Å². The highest BCUT2D eigenvalue weighted by atomic mass is 16.6. The molecule has 0 aliphatic carbocycles. The summed E-state index contributed by atoms with van der Waals surface area (Å²) in [5.41, 5.74) is 1.49. The number of carbonyl (C=O) groups is 1. The fourth-order valence-electron chi connectivity index (χ4n) is 3.87. The molecular formula is C22H27N3O5. The first-order chi connectivity index (χ1) is 14.5. The van der Waals surface area contributed by atoms with E-state index in [1.54, 1.807) is 32.4 Å². The van der Waals surface area contributed by atoms with Crippen LogP contribution < -0.4 is 14.8 Å². The quantitative estimate of drug-likeness (QED) is 0.377. The lowest BCUT2D eigenvalue weighted by atomic mass is 10.0. The number of nitro groups is 1. The number of para-hydroxylation sites is 2. The minimum Gasteiger partial charge on any atom is -0.497 e. The van der Waals surface area contributed by atoms with Crippen LogP contribution in [0.4, 0.5) is 11.4 Å². The molecule has 1 heterocycles. The third-order valence-corrected chi connectivity index (χ3v) is 5.36. The molecule has 160 valence electrons. The Morgan fingerprint density at radius 1 is 1.23 bits per heavy atom. The standard InChI is InChI=1S/C22H27N3O5/c1-29-16-11-12-17(21(15-16)30-2)19-9-6-14-24(19)22(26)10-5-13-23-18-7-3-4-8-20(18)25(27)28/h3-4,7-8,11-12,15,19,23H,5-6,9-10,13-14H2,1-2H3/t19-/m0/s1. The van der Waals surface area contributed by atoms with Crippen molar-refractivity contribution in [3.05, 3.63) is 58.1 Å². The Morgan fingerprint density at radius 3 is 2.77 bits per heavy atom. The molecule has 1 saturated heterocycles. The number of methoxy groups -OCH3 is 2. The monoisotopic (exact) mass is 413 g/mol. The van der Waals surface area contributed by atoms with Crippen LogP contribution >= 0.6 is 0 Å². The van der Waals surface area contributed by atoms with Crippen molar-refractivity contribution < 1.29 is 19.2 Å². The SMILES string of the molecule is COc1ccc([C@@H]2CCCN2C(=O)CCCNc2ccccc2[N+](=O)[O-])c(OC)c1. The van der Waals surface area contributed by atoms with Gasteiger partial charge in [0.2, 0.25) is 5.91 Å². The molecule has 1 aliphatic rings. The van der Waals surface area contributed by atoms with Gasteiger partial charge in [-0.15, -0.1) is 0 Å². The zero-order valence-electron chi connectivity index (χ0n) is 17.3. The van der Waals surface area contributed by atoms with E-state index in [0.29, 0.717) is 30.8 Å². The summed E-state index contributed by atoms with van der Waals surface area (Å²) in [6, 6.07) is 12.2. The summed E-state index contributed by atoms with van der Waals surface area (Å²) in [7, 11) is 3.23. The molecule has 0 radical (unpaired) electrons. The molecule has 8 heteroatoms. The van der Waals surface area contributed by atoms with Gasteiger partial charge in [-0.1, -0.05) is 12.1 Å². The zero-order chi connectivity index (χ0) is 21.5. The second-order valence-corrected chi connectivity index (χ2v) is 7.16. The molecule has 1 N–H and O–H groups in total. The van der Waals surface area contributed by atoms with Crippen molar-refractivity contribution in [3.8, 4) is 11.5 Å². The first-order valence-electron chi connectivity index (χ1n) is 10.0. The maximum Gasteiger partial charge on any atom is 0.292 e. The molecule has 1 atom stereocenters. The van der Waals surface area contributed by atoms with Crippen molar-refractivity contribution in [2.75, 3.05) is 32.6 Å². The number of carbonyl (C=O) groups excluding carboxylic acids is 1. The highest BCUT2D eigenvalue weighted by molar-refractivity contribution is 5.77. The largest absolute Gasteiger partial charge is 0.497 e. The molecule has 2 aromatic rings. The van der Waals surface area contributed by atoms with Crippen LogP contribution in [0.3, 0.4) is 0 Å². The number of amides is 1. The van der Waals surface area contributed by atoms with Crippen molar-refractivity contribution in [2.45, 2.75) is 31.7 Å². The number of hydrogen-bond donors (Lipinski definition) is 1. The lowest BCUT2D eigenvalue weighted by Crippen LogP contribution is -2.30. The second-order valence-electron chi connectivity index (χ2n) is 7.16. The Balaban J connectivity index is 1.58. The van der Waals surface area contributed by atoms with Crippen molar-refractivity contribution in [1.82, 2.24) is 4.90 Å². The molecule has 0 bridgehead atoms. The molecule has 0 saturated carbocycles. The summed E-state index contributed by atoms with van der Waals surface area (Å²) >= 11 is 0. The lowest BCUT2D eigenvalue weighted by Gasteiger charge is -2.26. The zero-order valence-corrected chi connectivity index (χ0v) is 17.3. The Kier molecular flexibility index (Phi) is 7.11. The molecule has 0 unspecified atom stereocenters. The highest BCUT2D eigenvalue weighted by Gasteiger charge is 2.31. The van der Waals surface area contributed by atoms with Gasteiger partial charge < -0.3 is 19.7 Å². The van der Waals surface area contributed by atoms with E-state index in [1.807, 2.05) is 23.1 Å². The van der Waals surface area contributed by atoms with Crippen LogP contribution in [0.1, 0.15) is 37.3 Å². The molecule has 1 aliphatic heterocycles. The Hall–Kier alpha value is -3.29.